The number of fused-ring (bicyclic) bond motifs is 3. The van der Waals surface area contributed by atoms with Crippen molar-refractivity contribution >= 4 is 49.0 Å². The fraction of sp³-hybridized carbons (Fsp3) is 0.475. The van der Waals surface area contributed by atoms with Crippen molar-refractivity contribution in [3.63, 3.8) is 0 Å². The van der Waals surface area contributed by atoms with Crippen LogP contribution in [0.5, 0.6) is 0 Å². The molecule has 2 saturated heterocycles. The van der Waals surface area contributed by atoms with E-state index in [9.17, 15) is 24.3 Å². The summed E-state index contributed by atoms with van der Waals surface area (Å²) in [4.78, 5) is 59.3. The topological polar surface area (TPSA) is 111 Å². The van der Waals surface area contributed by atoms with Crippen LogP contribution in [-0.4, -0.2) is 66.1 Å². The van der Waals surface area contributed by atoms with Crippen LogP contribution in [0.4, 0.5) is 11.4 Å². The molecule has 0 unspecified atom stereocenters. The van der Waals surface area contributed by atoms with Crippen LogP contribution in [0.3, 0.4) is 0 Å². The summed E-state index contributed by atoms with van der Waals surface area (Å²) in [5, 5.41) is 10.8. The number of carbonyl (C=O) groups is 3. The molecule has 9 nitrogen and oxygen atoms in total. The summed E-state index contributed by atoms with van der Waals surface area (Å²) in [6.45, 7) is 6.78. The Morgan fingerprint density at radius 2 is 1.76 bits per heavy atom. The second kappa shape index (κ2) is 14.1. The van der Waals surface area contributed by atoms with Crippen LogP contribution in [-0.2, 0) is 44.2 Å². The summed E-state index contributed by atoms with van der Waals surface area (Å²) in [5.74, 6) is -0.765. The van der Waals surface area contributed by atoms with Crippen molar-refractivity contribution in [1.82, 2.24) is 4.90 Å². The van der Waals surface area contributed by atoms with E-state index in [0.717, 1.165) is 48.1 Å². The van der Waals surface area contributed by atoms with Crippen molar-refractivity contribution in [1.29, 1.82) is 0 Å². The SMILES string of the molecule is C[C@H]1[C@H]([Si](C)(C)O)[C@@H](CC(=O)N2Cc3ccccc3C[C@H]2CO)O[C@]12C(=O)N(Cc1cccc(N3CCCCCCC3=O)c1)c1ccc(Cl)cc12. The Morgan fingerprint density at radius 3 is 2.53 bits per heavy atom. The van der Waals surface area contributed by atoms with Gasteiger partial charge in [-0.3, -0.25) is 14.4 Å². The van der Waals surface area contributed by atoms with Gasteiger partial charge >= 0.3 is 0 Å². The second-order valence-electron chi connectivity index (χ2n) is 15.3. The zero-order valence-electron chi connectivity index (χ0n) is 29.7. The fourth-order valence-corrected chi connectivity index (χ4v) is 11.9. The number of amides is 3. The maximum Gasteiger partial charge on any atom is 0.264 e. The molecule has 2 N–H and O–H groups in total. The number of hydrogen-bond acceptors (Lipinski definition) is 6. The lowest BCUT2D eigenvalue weighted by molar-refractivity contribution is -0.151. The van der Waals surface area contributed by atoms with Gasteiger partial charge in [-0.15, -0.1) is 0 Å². The summed E-state index contributed by atoms with van der Waals surface area (Å²) in [6.07, 6.45) is 4.35. The number of halogens is 1. The molecule has 0 radical (unpaired) electrons. The fourth-order valence-electron chi connectivity index (χ4n) is 9.18. The van der Waals surface area contributed by atoms with Gasteiger partial charge in [0, 0.05) is 47.2 Å². The predicted molar refractivity (Wildman–Crippen MR) is 200 cm³/mol. The molecule has 0 aliphatic carbocycles. The summed E-state index contributed by atoms with van der Waals surface area (Å²) in [7, 11) is -3.03. The molecule has 7 rings (SSSR count). The van der Waals surface area contributed by atoms with Crippen molar-refractivity contribution in [2.75, 3.05) is 23.0 Å². The van der Waals surface area contributed by atoms with E-state index in [2.05, 4.69) is 0 Å². The van der Waals surface area contributed by atoms with Crippen LogP contribution in [0.1, 0.15) is 67.7 Å². The molecule has 3 aromatic rings. The van der Waals surface area contributed by atoms with Crippen molar-refractivity contribution in [3.8, 4) is 0 Å². The zero-order valence-corrected chi connectivity index (χ0v) is 31.4. The van der Waals surface area contributed by atoms with Crippen molar-refractivity contribution < 1.29 is 29.0 Å². The van der Waals surface area contributed by atoms with Crippen LogP contribution in [0.2, 0.25) is 23.7 Å². The first kappa shape index (κ1) is 35.8. The number of carbonyl (C=O) groups excluding carboxylic acids is 3. The van der Waals surface area contributed by atoms with Crippen molar-refractivity contribution in [3.05, 3.63) is 94.0 Å². The van der Waals surface area contributed by atoms with E-state index in [1.165, 1.54) is 0 Å². The lowest BCUT2D eigenvalue weighted by Crippen LogP contribution is -2.48. The van der Waals surface area contributed by atoms with Crippen LogP contribution in [0.15, 0.2) is 66.7 Å². The normalized spacial score (nSPS) is 26.7. The Morgan fingerprint density at radius 1 is 1.00 bits per heavy atom. The molecule has 0 bridgehead atoms. The van der Waals surface area contributed by atoms with Crippen molar-refractivity contribution in [2.45, 2.75) is 101 Å². The molecule has 270 valence electrons. The molecule has 3 aromatic carbocycles. The van der Waals surface area contributed by atoms with Crippen molar-refractivity contribution in [2.24, 2.45) is 5.92 Å². The van der Waals surface area contributed by atoms with Gasteiger partial charge in [0.05, 0.1) is 37.4 Å². The minimum Gasteiger partial charge on any atom is -0.432 e. The number of ether oxygens (including phenoxy) is 1. The molecule has 4 aliphatic heterocycles. The maximum absolute atomic E-state index is 15.0. The Hall–Kier alpha value is -3.54. The third-order valence-electron chi connectivity index (χ3n) is 11.6. The Labute approximate surface area is 306 Å². The first-order chi connectivity index (χ1) is 24.4. The van der Waals surface area contributed by atoms with E-state index in [1.807, 2.05) is 79.5 Å². The van der Waals surface area contributed by atoms with Gasteiger partial charge in [0.15, 0.2) is 13.9 Å². The third-order valence-corrected chi connectivity index (χ3v) is 14.3. The first-order valence-corrected chi connectivity index (χ1v) is 21.7. The second-order valence-corrected chi connectivity index (χ2v) is 19.7. The summed E-state index contributed by atoms with van der Waals surface area (Å²) < 4.78 is 6.94. The molecule has 4 heterocycles. The molecule has 5 atom stereocenters. The predicted octanol–water partition coefficient (Wildman–Crippen LogP) is 6.32. The van der Waals surface area contributed by atoms with Gasteiger partial charge in [0.25, 0.3) is 5.91 Å². The van der Waals surface area contributed by atoms with Crippen LogP contribution >= 0.6 is 11.6 Å². The number of hydrogen-bond donors (Lipinski definition) is 2. The van der Waals surface area contributed by atoms with E-state index in [-0.39, 0.29) is 43.3 Å². The minimum absolute atomic E-state index is 0.0263. The zero-order chi connectivity index (χ0) is 36.1. The first-order valence-electron chi connectivity index (χ1n) is 18.3. The lowest BCUT2D eigenvalue weighted by Gasteiger charge is -2.37. The van der Waals surface area contributed by atoms with E-state index in [4.69, 9.17) is 16.3 Å². The minimum atomic E-state index is -3.03. The summed E-state index contributed by atoms with van der Waals surface area (Å²) in [5.41, 5.74) is 3.30. The van der Waals surface area contributed by atoms with E-state index < -0.39 is 31.5 Å². The number of rotatable bonds is 7. The highest BCUT2D eigenvalue weighted by Crippen LogP contribution is 2.60. The Bertz CT molecular complexity index is 1830. The summed E-state index contributed by atoms with van der Waals surface area (Å²) in [6, 6.07) is 20.8. The molecule has 11 heteroatoms. The van der Waals surface area contributed by atoms with Gasteiger partial charge in [-0.25, -0.2) is 0 Å². The van der Waals surface area contributed by atoms with Gasteiger partial charge in [0.2, 0.25) is 11.8 Å². The maximum atomic E-state index is 15.0. The van der Waals surface area contributed by atoms with Gasteiger partial charge in [0.1, 0.15) is 0 Å². The van der Waals surface area contributed by atoms with Crippen LogP contribution in [0.25, 0.3) is 0 Å². The van der Waals surface area contributed by atoms with Gasteiger partial charge < -0.3 is 29.3 Å². The standard InChI is InChI=1S/C40H48ClN3O6Si/c1-26-38(51(2,3)49)35(22-37(47)43-24-29-13-8-7-12-28(29)20-32(43)25-45)50-40(26)33-21-30(41)16-17-34(33)44(39(40)48)23-27-11-10-14-31(19-27)42-18-9-5-4-6-15-36(42)46/h7-8,10-14,16-17,19,21,26,32,35,38,45,49H,4-6,9,15,18,20,22-25H2,1-3H3/t26-,32-,35+,38-,40+/m0/s1. The highest BCUT2D eigenvalue weighted by atomic mass is 35.5. The average Bonchev–Trinajstić information content (AvgIpc) is 3.51. The molecule has 0 aromatic heterocycles. The number of aliphatic hydroxyl groups is 1. The Balaban J connectivity index is 1.20. The molecule has 51 heavy (non-hydrogen) atoms. The third kappa shape index (κ3) is 6.54. The molecule has 2 fully saturated rings. The monoisotopic (exact) mass is 729 g/mol. The highest BCUT2D eigenvalue weighted by molar-refractivity contribution is 6.71. The average molecular weight is 730 g/mol. The number of benzene rings is 3. The number of anilines is 2. The number of aliphatic hydroxyl groups excluding tert-OH is 1. The van der Waals surface area contributed by atoms with E-state index >= 15 is 0 Å². The van der Waals surface area contributed by atoms with Crippen LogP contribution < -0.4 is 9.80 Å². The van der Waals surface area contributed by atoms with Crippen LogP contribution in [0, 0.1) is 5.92 Å². The van der Waals surface area contributed by atoms with Gasteiger partial charge in [-0.05, 0) is 79.4 Å². The van der Waals surface area contributed by atoms with E-state index in [0.29, 0.717) is 42.2 Å². The summed E-state index contributed by atoms with van der Waals surface area (Å²) >= 11 is 6.61. The van der Waals surface area contributed by atoms with Gasteiger partial charge in [-0.1, -0.05) is 67.8 Å². The highest BCUT2D eigenvalue weighted by Gasteiger charge is 2.66. The lowest BCUT2D eigenvalue weighted by atomic mass is 9.82. The molecule has 3 amide bonds. The van der Waals surface area contributed by atoms with Gasteiger partial charge in [-0.2, -0.15) is 0 Å². The smallest absolute Gasteiger partial charge is 0.264 e. The molecule has 4 aliphatic rings. The molecule has 0 saturated carbocycles. The Kier molecular flexibility index (Phi) is 9.92. The molecular formula is C40H48ClN3O6Si. The largest absolute Gasteiger partial charge is 0.432 e. The van der Waals surface area contributed by atoms with E-state index in [1.54, 1.807) is 21.9 Å². The quantitative estimate of drug-likeness (QED) is 0.276. The molecule has 1 spiro atoms. The molecular weight excluding hydrogens is 682 g/mol. The number of nitrogens with zero attached hydrogens (tertiary/aromatic N) is 3.